The van der Waals surface area contributed by atoms with Gasteiger partial charge in [-0.2, -0.15) is 0 Å². The molecule has 0 spiro atoms. The van der Waals surface area contributed by atoms with Gasteiger partial charge in [-0.1, -0.05) is 6.92 Å². The van der Waals surface area contributed by atoms with E-state index in [2.05, 4.69) is 12.2 Å². The van der Waals surface area contributed by atoms with E-state index in [-0.39, 0.29) is 17.4 Å². The van der Waals surface area contributed by atoms with Gasteiger partial charge in [0.15, 0.2) is 0 Å². The second-order valence-electron chi connectivity index (χ2n) is 5.20. The molecule has 108 valence electrons. The van der Waals surface area contributed by atoms with Crippen molar-refractivity contribution in [2.24, 2.45) is 11.7 Å². The number of amidine groups is 1. The van der Waals surface area contributed by atoms with Crippen LogP contribution in [0.15, 0.2) is 18.2 Å². The molecular formula is C14H19FN4O. The van der Waals surface area contributed by atoms with E-state index in [9.17, 15) is 9.18 Å². The van der Waals surface area contributed by atoms with E-state index in [0.29, 0.717) is 24.7 Å². The Morgan fingerprint density at radius 1 is 1.45 bits per heavy atom. The van der Waals surface area contributed by atoms with Crippen LogP contribution in [0.2, 0.25) is 0 Å². The zero-order valence-electron chi connectivity index (χ0n) is 11.4. The van der Waals surface area contributed by atoms with Gasteiger partial charge in [0.05, 0.1) is 5.69 Å². The molecule has 6 heteroatoms. The zero-order chi connectivity index (χ0) is 14.7. The molecule has 0 aromatic heterocycles. The molecule has 4 N–H and O–H groups in total. The maximum Gasteiger partial charge on any atom is 0.321 e. The van der Waals surface area contributed by atoms with Gasteiger partial charge in [0.1, 0.15) is 11.7 Å². The van der Waals surface area contributed by atoms with Crippen molar-refractivity contribution in [2.45, 2.75) is 19.8 Å². The molecule has 1 aromatic rings. The second-order valence-corrected chi connectivity index (χ2v) is 5.20. The van der Waals surface area contributed by atoms with Crippen molar-refractivity contribution in [3.05, 3.63) is 29.6 Å². The van der Waals surface area contributed by atoms with Gasteiger partial charge in [0, 0.05) is 18.7 Å². The minimum atomic E-state index is -0.486. The number of urea groups is 1. The van der Waals surface area contributed by atoms with Gasteiger partial charge >= 0.3 is 6.03 Å². The Kier molecular flexibility index (Phi) is 4.22. The Labute approximate surface area is 117 Å². The number of rotatable bonds is 2. The highest BCUT2D eigenvalue weighted by Gasteiger charge is 2.21. The number of nitrogen functional groups attached to an aromatic ring is 1. The van der Waals surface area contributed by atoms with E-state index in [4.69, 9.17) is 11.1 Å². The summed E-state index contributed by atoms with van der Waals surface area (Å²) < 4.78 is 13.2. The molecule has 0 bridgehead atoms. The number of hydrogen-bond acceptors (Lipinski definition) is 2. The van der Waals surface area contributed by atoms with E-state index in [0.717, 1.165) is 18.9 Å². The van der Waals surface area contributed by atoms with Crippen LogP contribution in [0.3, 0.4) is 0 Å². The van der Waals surface area contributed by atoms with Crippen molar-refractivity contribution in [1.82, 2.24) is 4.90 Å². The number of amides is 2. The van der Waals surface area contributed by atoms with Gasteiger partial charge in [0.2, 0.25) is 0 Å². The molecule has 20 heavy (non-hydrogen) atoms. The van der Waals surface area contributed by atoms with Crippen molar-refractivity contribution in [3.63, 3.8) is 0 Å². The Morgan fingerprint density at radius 2 is 2.10 bits per heavy atom. The molecular weight excluding hydrogens is 259 g/mol. The lowest BCUT2D eigenvalue weighted by Gasteiger charge is -2.30. The summed E-state index contributed by atoms with van der Waals surface area (Å²) in [5, 5.41) is 10.1. The Hall–Kier alpha value is -2.11. The van der Waals surface area contributed by atoms with E-state index in [1.807, 2.05) is 0 Å². The highest BCUT2D eigenvalue weighted by molar-refractivity contribution is 6.03. The predicted molar refractivity (Wildman–Crippen MR) is 76.4 cm³/mol. The van der Waals surface area contributed by atoms with Gasteiger partial charge in [0.25, 0.3) is 0 Å². The van der Waals surface area contributed by atoms with Gasteiger partial charge < -0.3 is 16.0 Å². The van der Waals surface area contributed by atoms with Crippen LogP contribution in [0.1, 0.15) is 25.3 Å². The number of halogens is 1. The standard InChI is InChI=1S/C14H19FN4O/c1-9-4-6-19(7-5-9)14(20)18-12-3-2-10(15)8-11(12)13(16)17/h2-3,8-9H,4-7H2,1H3,(H3,16,17)(H,18,20). The summed E-state index contributed by atoms with van der Waals surface area (Å²) in [5.74, 6) is -0.121. The molecule has 1 aromatic carbocycles. The maximum atomic E-state index is 13.2. The minimum Gasteiger partial charge on any atom is -0.384 e. The first-order valence-corrected chi connectivity index (χ1v) is 6.67. The topological polar surface area (TPSA) is 82.2 Å². The van der Waals surface area contributed by atoms with Gasteiger partial charge in [-0.3, -0.25) is 5.41 Å². The monoisotopic (exact) mass is 278 g/mol. The first-order valence-electron chi connectivity index (χ1n) is 6.67. The molecule has 0 unspecified atom stereocenters. The summed E-state index contributed by atoms with van der Waals surface area (Å²) in [6, 6.07) is 3.58. The summed E-state index contributed by atoms with van der Waals surface area (Å²) in [4.78, 5) is 13.9. The van der Waals surface area contributed by atoms with Crippen molar-refractivity contribution >= 4 is 17.6 Å². The first-order chi connectivity index (χ1) is 9.47. The van der Waals surface area contributed by atoms with Gasteiger partial charge in [-0.15, -0.1) is 0 Å². The summed E-state index contributed by atoms with van der Waals surface area (Å²) in [7, 11) is 0. The number of nitrogens with zero attached hydrogens (tertiary/aromatic N) is 1. The fourth-order valence-corrected chi connectivity index (χ4v) is 2.25. The quantitative estimate of drug-likeness (QED) is 0.573. The van der Waals surface area contributed by atoms with Crippen molar-refractivity contribution in [3.8, 4) is 0 Å². The Bertz CT molecular complexity index is 524. The second kappa shape index (κ2) is 5.90. The van der Waals surface area contributed by atoms with E-state index in [1.165, 1.54) is 12.1 Å². The molecule has 1 aliphatic heterocycles. The third-order valence-electron chi connectivity index (χ3n) is 3.58. The number of likely N-dealkylation sites (tertiary alicyclic amines) is 1. The smallest absolute Gasteiger partial charge is 0.321 e. The van der Waals surface area contributed by atoms with Crippen LogP contribution in [0.4, 0.5) is 14.9 Å². The molecule has 0 saturated carbocycles. The fourth-order valence-electron chi connectivity index (χ4n) is 2.25. The number of carbonyl (C=O) groups is 1. The lowest BCUT2D eigenvalue weighted by atomic mass is 10.00. The van der Waals surface area contributed by atoms with E-state index < -0.39 is 5.82 Å². The largest absolute Gasteiger partial charge is 0.384 e. The van der Waals surface area contributed by atoms with E-state index in [1.54, 1.807) is 4.90 Å². The molecule has 5 nitrogen and oxygen atoms in total. The van der Waals surface area contributed by atoms with Gasteiger partial charge in [-0.05, 0) is 37.0 Å². The van der Waals surface area contributed by atoms with Gasteiger partial charge in [-0.25, -0.2) is 9.18 Å². The molecule has 1 fully saturated rings. The number of nitrogens with one attached hydrogen (secondary N) is 2. The normalized spacial score (nSPS) is 16.0. The number of carbonyl (C=O) groups excluding carboxylic acids is 1. The fraction of sp³-hybridized carbons (Fsp3) is 0.429. The van der Waals surface area contributed by atoms with Crippen LogP contribution in [0, 0.1) is 17.1 Å². The summed E-state index contributed by atoms with van der Waals surface area (Å²) in [6.45, 7) is 3.59. The predicted octanol–water partition coefficient (Wildman–Crippen LogP) is 2.37. The van der Waals surface area contributed by atoms with Crippen LogP contribution < -0.4 is 11.1 Å². The third-order valence-corrected chi connectivity index (χ3v) is 3.58. The minimum absolute atomic E-state index is 0.198. The molecule has 2 amide bonds. The number of benzene rings is 1. The Balaban J connectivity index is 2.10. The zero-order valence-corrected chi connectivity index (χ0v) is 11.4. The Morgan fingerprint density at radius 3 is 2.70 bits per heavy atom. The molecule has 1 saturated heterocycles. The SMILES string of the molecule is CC1CCN(C(=O)Nc2ccc(F)cc2C(=N)N)CC1. The van der Waals surface area contributed by atoms with Crippen LogP contribution >= 0.6 is 0 Å². The average Bonchev–Trinajstić information content (AvgIpc) is 2.41. The lowest BCUT2D eigenvalue weighted by Crippen LogP contribution is -2.40. The number of piperidine rings is 1. The maximum absolute atomic E-state index is 13.2. The van der Waals surface area contributed by atoms with Crippen LogP contribution in [0.5, 0.6) is 0 Å². The molecule has 1 heterocycles. The number of nitrogens with two attached hydrogens (primary N) is 1. The summed E-state index contributed by atoms with van der Waals surface area (Å²) >= 11 is 0. The number of anilines is 1. The number of hydrogen-bond donors (Lipinski definition) is 3. The third kappa shape index (κ3) is 3.26. The van der Waals surface area contributed by atoms with Crippen LogP contribution in [0.25, 0.3) is 0 Å². The summed E-state index contributed by atoms with van der Waals surface area (Å²) in [5.41, 5.74) is 5.97. The first kappa shape index (κ1) is 14.3. The molecule has 0 radical (unpaired) electrons. The molecule has 0 aliphatic carbocycles. The molecule has 2 rings (SSSR count). The van der Waals surface area contributed by atoms with E-state index >= 15 is 0 Å². The molecule has 0 atom stereocenters. The highest BCUT2D eigenvalue weighted by Crippen LogP contribution is 2.20. The highest BCUT2D eigenvalue weighted by atomic mass is 19.1. The lowest BCUT2D eigenvalue weighted by molar-refractivity contribution is 0.186. The molecule has 1 aliphatic rings. The average molecular weight is 278 g/mol. The summed E-state index contributed by atoms with van der Waals surface area (Å²) in [6.07, 6.45) is 1.97. The van der Waals surface area contributed by atoms with Crippen LogP contribution in [-0.2, 0) is 0 Å². The van der Waals surface area contributed by atoms with Crippen molar-refractivity contribution in [1.29, 1.82) is 5.41 Å². The van der Waals surface area contributed by atoms with Crippen molar-refractivity contribution < 1.29 is 9.18 Å². The van der Waals surface area contributed by atoms with Crippen molar-refractivity contribution in [2.75, 3.05) is 18.4 Å². The van der Waals surface area contributed by atoms with Crippen LogP contribution in [-0.4, -0.2) is 29.9 Å².